The van der Waals surface area contributed by atoms with Crippen molar-refractivity contribution < 1.29 is 23.9 Å². The SMILES string of the molecule is CN[C@@H](C)C(=O)N[C@H]1CC=CC[C@@H]2C(C(N)=O)C[C@@H](C(=O)OCCc3ccccc3)N2C1=O. The summed E-state index contributed by atoms with van der Waals surface area (Å²) >= 11 is 0. The van der Waals surface area contributed by atoms with E-state index in [0.717, 1.165) is 5.56 Å². The fourth-order valence-electron chi connectivity index (χ4n) is 4.35. The number of fused-ring (bicyclic) bond motifs is 1. The third-order valence-corrected chi connectivity index (χ3v) is 6.36. The Bertz CT molecular complexity index is 903. The predicted octanol–water partition coefficient (Wildman–Crippen LogP) is 0.286. The normalized spacial score (nSPS) is 25.5. The molecule has 0 saturated carbocycles. The molecule has 0 radical (unpaired) electrons. The molecule has 1 aromatic carbocycles. The molecule has 0 bridgehead atoms. The Morgan fingerprint density at radius 3 is 2.55 bits per heavy atom. The van der Waals surface area contributed by atoms with Crippen LogP contribution in [-0.2, 0) is 30.3 Å². The number of likely N-dealkylation sites (N-methyl/N-ethyl adjacent to an activating group) is 1. The number of hydrogen-bond donors (Lipinski definition) is 3. The molecule has 9 nitrogen and oxygen atoms in total. The molecule has 5 atom stereocenters. The lowest BCUT2D eigenvalue weighted by Crippen LogP contribution is -2.57. The number of hydrogen-bond acceptors (Lipinski definition) is 6. The van der Waals surface area contributed by atoms with E-state index in [1.54, 1.807) is 14.0 Å². The Morgan fingerprint density at radius 2 is 1.88 bits per heavy atom. The molecule has 1 unspecified atom stereocenters. The van der Waals surface area contributed by atoms with Crippen LogP contribution in [0, 0.1) is 5.92 Å². The molecular formula is C24H32N4O5. The summed E-state index contributed by atoms with van der Waals surface area (Å²) in [7, 11) is 1.65. The minimum Gasteiger partial charge on any atom is -0.464 e. The number of carbonyl (C=O) groups is 4. The summed E-state index contributed by atoms with van der Waals surface area (Å²) in [6.45, 7) is 1.85. The van der Waals surface area contributed by atoms with Crippen molar-refractivity contribution in [3.8, 4) is 0 Å². The highest BCUT2D eigenvalue weighted by molar-refractivity contribution is 5.94. The topological polar surface area (TPSA) is 131 Å². The van der Waals surface area contributed by atoms with Crippen LogP contribution in [-0.4, -0.2) is 66.4 Å². The van der Waals surface area contributed by atoms with Gasteiger partial charge in [-0.2, -0.15) is 0 Å². The first-order chi connectivity index (χ1) is 15.8. The highest BCUT2D eigenvalue weighted by Gasteiger charge is 2.51. The second-order valence-electron chi connectivity index (χ2n) is 8.49. The Hall–Kier alpha value is -3.20. The van der Waals surface area contributed by atoms with E-state index < -0.39 is 47.9 Å². The van der Waals surface area contributed by atoms with Crippen molar-refractivity contribution in [3.05, 3.63) is 48.0 Å². The van der Waals surface area contributed by atoms with Crippen molar-refractivity contribution in [2.45, 2.75) is 56.8 Å². The standard InChI is InChI=1S/C24H32N4O5/c1-15(26-2)22(30)27-18-10-6-7-11-19-17(21(25)29)14-20(28(19)23(18)31)24(32)33-13-12-16-8-4-3-5-9-16/h3-9,15,17-20,26H,10-14H2,1-2H3,(H2,25,29)(H,27,30)/t15-,17?,18-,19+,20-/m0/s1. The monoisotopic (exact) mass is 456 g/mol. The maximum atomic E-state index is 13.5. The van der Waals surface area contributed by atoms with Crippen LogP contribution in [0.3, 0.4) is 0 Å². The highest BCUT2D eigenvalue weighted by Crippen LogP contribution is 2.35. The largest absolute Gasteiger partial charge is 0.464 e. The minimum atomic E-state index is -0.927. The zero-order chi connectivity index (χ0) is 24.0. The fraction of sp³-hybridized carbons (Fsp3) is 0.500. The predicted molar refractivity (Wildman–Crippen MR) is 122 cm³/mol. The first-order valence-electron chi connectivity index (χ1n) is 11.3. The molecule has 9 heteroatoms. The second-order valence-corrected chi connectivity index (χ2v) is 8.49. The molecule has 4 N–H and O–H groups in total. The van der Waals surface area contributed by atoms with Crippen LogP contribution in [0.4, 0.5) is 0 Å². The van der Waals surface area contributed by atoms with E-state index in [2.05, 4.69) is 10.6 Å². The van der Waals surface area contributed by atoms with Crippen molar-refractivity contribution in [2.24, 2.45) is 11.7 Å². The van der Waals surface area contributed by atoms with Gasteiger partial charge in [0.2, 0.25) is 17.7 Å². The molecule has 0 aromatic heterocycles. The number of nitrogens with one attached hydrogen (secondary N) is 2. The first-order valence-corrected chi connectivity index (χ1v) is 11.3. The molecular weight excluding hydrogens is 424 g/mol. The molecule has 1 saturated heterocycles. The average Bonchev–Trinajstić information content (AvgIpc) is 3.18. The molecule has 0 aliphatic carbocycles. The molecule has 2 heterocycles. The van der Waals surface area contributed by atoms with Crippen molar-refractivity contribution in [3.63, 3.8) is 0 Å². The van der Waals surface area contributed by atoms with E-state index >= 15 is 0 Å². The fourth-order valence-corrected chi connectivity index (χ4v) is 4.35. The Kier molecular flexibility index (Phi) is 8.21. The van der Waals surface area contributed by atoms with Gasteiger partial charge in [-0.15, -0.1) is 0 Å². The van der Waals surface area contributed by atoms with E-state index in [-0.39, 0.29) is 18.9 Å². The molecule has 2 aliphatic heterocycles. The molecule has 1 aromatic rings. The van der Waals surface area contributed by atoms with Gasteiger partial charge in [-0.1, -0.05) is 42.5 Å². The van der Waals surface area contributed by atoms with Crippen molar-refractivity contribution >= 4 is 23.7 Å². The van der Waals surface area contributed by atoms with Crippen LogP contribution in [0.15, 0.2) is 42.5 Å². The van der Waals surface area contributed by atoms with E-state index in [1.807, 2.05) is 42.5 Å². The van der Waals surface area contributed by atoms with E-state index in [9.17, 15) is 19.2 Å². The number of carbonyl (C=O) groups excluding carboxylic acids is 4. The molecule has 0 spiro atoms. The van der Waals surface area contributed by atoms with Gasteiger partial charge in [0.25, 0.3) is 0 Å². The van der Waals surface area contributed by atoms with Crippen LogP contribution in [0.25, 0.3) is 0 Å². The first kappa shape index (κ1) is 24.4. The van der Waals surface area contributed by atoms with Gasteiger partial charge in [-0.05, 0) is 38.8 Å². The summed E-state index contributed by atoms with van der Waals surface area (Å²) in [5.41, 5.74) is 6.65. The van der Waals surface area contributed by atoms with Crippen LogP contribution in [0.5, 0.6) is 0 Å². The smallest absolute Gasteiger partial charge is 0.328 e. The molecule has 33 heavy (non-hydrogen) atoms. The van der Waals surface area contributed by atoms with E-state index in [1.165, 1.54) is 4.90 Å². The van der Waals surface area contributed by atoms with Gasteiger partial charge in [0.1, 0.15) is 12.1 Å². The zero-order valence-electron chi connectivity index (χ0n) is 19.0. The van der Waals surface area contributed by atoms with Gasteiger partial charge in [-0.3, -0.25) is 14.4 Å². The van der Waals surface area contributed by atoms with Crippen molar-refractivity contribution in [1.82, 2.24) is 15.5 Å². The number of esters is 1. The third kappa shape index (κ3) is 5.78. The van der Waals surface area contributed by atoms with Crippen LogP contribution < -0.4 is 16.4 Å². The van der Waals surface area contributed by atoms with Crippen LogP contribution >= 0.6 is 0 Å². The number of nitrogens with two attached hydrogens (primary N) is 1. The van der Waals surface area contributed by atoms with E-state index in [4.69, 9.17) is 10.5 Å². The van der Waals surface area contributed by atoms with Crippen molar-refractivity contribution in [1.29, 1.82) is 0 Å². The molecule has 178 valence electrons. The van der Waals surface area contributed by atoms with Gasteiger partial charge in [0.15, 0.2) is 0 Å². The Balaban J connectivity index is 1.77. The van der Waals surface area contributed by atoms with Crippen LogP contribution in [0.2, 0.25) is 0 Å². The van der Waals surface area contributed by atoms with E-state index in [0.29, 0.717) is 19.3 Å². The highest BCUT2D eigenvalue weighted by atomic mass is 16.5. The van der Waals surface area contributed by atoms with Gasteiger partial charge in [0.05, 0.1) is 18.6 Å². The molecule has 3 amide bonds. The summed E-state index contributed by atoms with van der Waals surface area (Å²) < 4.78 is 5.50. The average molecular weight is 457 g/mol. The molecule has 3 rings (SSSR count). The summed E-state index contributed by atoms with van der Waals surface area (Å²) in [5.74, 6) is -2.53. The van der Waals surface area contributed by atoms with Crippen LogP contribution in [0.1, 0.15) is 31.7 Å². The minimum absolute atomic E-state index is 0.108. The maximum Gasteiger partial charge on any atom is 0.328 e. The number of amides is 3. The summed E-state index contributed by atoms with van der Waals surface area (Å²) in [5, 5.41) is 5.59. The number of ether oxygens (including phenoxy) is 1. The third-order valence-electron chi connectivity index (χ3n) is 6.36. The summed E-state index contributed by atoms with van der Waals surface area (Å²) in [4.78, 5) is 52.5. The van der Waals surface area contributed by atoms with Gasteiger partial charge in [0, 0.05) is 12.5 Å². The van der Waals surface area contributed by atoms with Gasteiger partial charge in [-0.25, -0.2) is 4.79 Å². The lowest BCUT2D eigenvalue weighted by Gasteiger charge is -2.34. The number of rotatable bonds is 8. The lowest BCUT2D eigenvalue weighted by molar-refractivity contribution is -0.155. The number of benzene rings is 1. The van der Waals surface area contributed by atoms with Crippen molar-refractivity contribution in [2.75, 3.05) is 13.7 Å². The maximum absolute atomic E-state index is 13.5. The summed E-state index contributed by atoms with van der Waals surface area (Å²) in [6, 6.07) is 6.79. The molecule has 2 aliphatic rings. The van der Waals surface area contributed by atoms with Gasteiger partial charge >= 0.3 is 5.97 Å². The summed E-state index contributed by atoms with van der Waals surface area (Å²) in [6.07, 6.45) is 5.02. The Labute approximate surface area is 193 Å². The zero-order valence-corrected chi connectivity index (χ0v) is 19.0. The lowest BCUT2D eigenvalue weighted by atomic mass is 9.94. The second kappa shape index (κ2) is 11.1. The molecule has 1 fully saturated rings. The Morgan fingerprint density at radius 1 is 1.18 bits per heavy atom. The number of nitrogens with zero attached hydrogens (tertiary/aromatic N) is 1. The number of primary amides is 1. The van der Waals surface area contributed by atoms with Gasteiger partial charge < -0.3 is 26.0 Å². The quantitative estimate of drug-likeness (QED) is 0.381.